The Labute approximate surface area is 105 Å². The van der Waals surface area contributed by atoms with Crippen molar-refractivity contribution < 1.29 is 9.90 Å². The van der Waals surface area contributed by atoms with Crippen LogP contribution in [0.3, 0.4) is 0 Å². The number of hydrogen-bond acceptors (Lipinski definition) is 3. The molecule has 2 aromatic rings. The Bertz CT molecular complexity index is 596. The standard InChI is InChI=1S/C14H12N2O2/c17-14(18)10-1-2-11-8-16(9-12(11)7-10)13-3-5-15-6-4-13/h1-7H,8-9H2,(H,17,18). The van der Waals surface area contributed by atoms with Gasteiger partial charge in [0.05, 0.1) is 5.56 Å². The lowest BCUT2D eigenvalue weighted by Crippen LogP contribution is -2.14. The van der Waals surface area contributed by atoms with Crippen molar-refractivity contribution in [1.29, 1.82) is 0 Å². The molecule has 0 bridgehead atoms. The maximum absolute atomic E-state index is 10.9. The molecule has 1 aliphatic rings. The summed E-state index contributed by atoms with van der Waals surface area (Å²) < 4.78 is 0. The van der Waals surface area contributed by atoms with Crippen LogP contribution in [-0.2, 0) is 13.1 Å². The van der Waals surface area contributed by atoms with E-state index in [0.29, 0.717) is 5.56 Å². The highest BCUT2D eigenvalue weighted by Crippen LogP contribution is 2.28. The van der Waals surface area contributed by atoms with Gasteiger partial charge in [0, 0.05) is 31.2 Å². The Morgan fingerprint density at radius 2 is 1.83 bits per heavy atom. The number of aromatic carboxylic acids is 1. The average molecular weight is 240 g/mol. The highest BCUT2D eigenvalue weighted by molar-refractivity contribution is 5.88. The van der Waals surface area contributed by atoms with E-state index in [4.69, 9.17) is 5.11 Å². The second kappa shape index (κ2) is 4.14. The lowest BCUT2D eigenvalue weighted by molar-refractivity contribution is 0.0697. The maximum Gasteiger partial charge on any atom is 0.335 e. The van der Waals surface area contributed by atoms with Crippen LogP contribution < -0.4 is 4.90 Å². The van der Waals surface area contributed by atoms with Gasteiger partial charge in [0.25, 0.3) is 0 Å². The first-order chi connectivity index (χ1) is 8.74. The minimum absolute atomic E-state index is 0.352. The number of hydrogen-bond donors (Lipinski definition) is 1. The molecule has 0 radical (unpaired) electrons. The third-order valence-corrected chi connectivity index (χ3v) is 3.20. The zero-order chi connectivity index (χ0) is 12.5. The molecule has 1 aromatic carbocycles. The molecule has 90 valence electrons. The summed E-state index contributed by atoms with van der Waals surface area (Å²) in [6.45, 7) is 1.57. The molecular formula is C14H12N2O2. The summed E-state index contributed by atoms with van der Waals surface area (Å²) in [6.07, 6.45) is 3.53. The molecule has 4 heteroatoms. The zero-order valence-corrected chi connectivity index (χ0v) is 9.71. The summed E-state index contributed by atoms with van der Waals surface area (Å²) in [5.74, 6) is -0.875. The van der Waals surface area contributed by atoms with Crippen LogP contribution in [0.15, 0.2) is 42.7 Å². The summed E-state index contributed by atoms with van der Waals surface area (Å²) >= 11 is 0. The molecule has 0 amide bonds. The summed E-state index contributed by atoms with van der Waals surface area (Å²) in [7, 11) is 0. The van der Waals surface area contributed by atoms with Crippen molar-refractivity contribution in [3.05, 3.63) is 59.4 Å². The second-order valence-corrected chi connectivity index (χ2v) is 4.35. The minimum Gasteiger partial charge on any atom is -0.478 e. The van der Waals surface area contributed by atoms with E-state index >= 15 is 0 Å². The van der Waals surface area contributed by atoms with Crippen LogP contribution in [0.25, 0.3) is 0 Å². The first-order valence-corrected chi connectivity index (χ1v) is 5.74. The van der Waals surface area contributed by atoms with Crippen molar-refractivity contribution in [3.8, 4) is 0 Å². The summed E-state index contributed by atoms with van der Waals surface area (Å²) in [6, 6.07) is 9.25. The third kappa shape index (κ3) is 1.82. The van der Waals surface area contributed by atoms with Crippen molar-refractivity contribution in [2.24, 2.45) is 0 Å². The number of carbonyl (C=O) groups is 1. The zero-order valence-electron chi connectivity index (χ0n) is 9.71. The number of fused-ring (bicyclic) bond motifs is 1. The van der Waals surface area contributed by atoms with Crippen molar-refractivity contribution >= 4 is 11.7 Å². The van der Waals surface area contributed by atoms with Crippen LogP contribution in [0.1, 0.15) is 21.5 Å². The Hall–Kier alpha value is -2.36. The molecule has 0 saturated heterocycles. The van der Waals surface area contributed by atoms with Crippen molar-refractivity contribution in [1.82, 2.24) is 4.98 Å². The number of pyridine rings is 1. The number of benzene rings is 1. The van der Waals surface area contributed by atoms with Crippen LogP contribution in [0.2, 0.25) is 0 Å². The van der Waals surface area contributed by atoms with E-state index in [1.54, 1.807) is 24.5 Å². The fourth-order valence-corrected chi connectivity index (χ4v) is 2.26. The van der Waals surface area contributed by atoms with E-state index in [-0.39, 0.29) is 0 Å². The van der Waals surface area contributed by atoms with Gasteiger partial charge < -0.3 is 10.0 Å². The number of carboxylic acid groups (broad SMARTS) is 1. The van der Waals surface area contributed by atoms with Crippen molar-refractivity contribution in [3.63, 3.8) is 0 Å². The van der Waals surface area contributed by atoms with Crippen LogP contribution in [-0.4, -0.2) is 16.1 Å². The van der Waals surface area contributed by atoms with Gasteiger partial charge in [0.1, 0.15) is 0 Å². The molecule has 0 atom stereocenters. The quantitative estimate of drug-likeness (QED) is 0.875. The fourth-order valence-electron chi connectivity index (χ4n) is 2.26. The molecule has 2 heterocycles. The largest absolute Gasteiger partial charge is 0.478 e. The van der Waals surface area contributed by atoms with Gasteiger partial charge in [0.15, 0.2) is 0 Å². The predicted octanol–water partition coefficient (Wildman–Crippen LogP) is 2.30. The highest BCUT2D eigenvalue weighted by atomic mass is 16.4. The molecule has 0 aliphatic carbocycles. The minimum atomic E-state index is -0.875. The summed E-state index contributed by atoms with van der Waals surface area (Å²) in [5, 5.41) is 8.98. The van der Waals surface area contributed by atoms with Gasteiger partial charge in [-0.05, 0) is 35.4 Å². The smallest absolute Gasteiger partial charge is 0.335 e. The lowest BCUT2D eigenvalue weighted by Gasteiger charge is -2.16. The predicted molar refractivity (Wildman–Crippen MR) is 67.5 cm³/mol. The lowest BCUT2D eigenvalue weighted by atomic mass is 10.1. The van der Waals surface area contributed by atoms with Crippen LogP contribution in [0.5, 0.6) is 0 Å². The Morgan fingerprint density at radius 1 is 1.11 bits per heavy atom. The van der Waals surface area contributed by atoms with Crippen LogP contribution in [0, 0.1) is 0 Å². The fraction of sp³-hybridized carbons (Fsp3) is 0.143. The van der Waals surface area contributed by atoms with E-state index in [1.807, 2.05) is 18.2 Å². The number of rotatable bonds is 2. The van der Waals surface area contributed by atoms with E-state index in [2.05, 4.69) is 9.88 Å². The number of nitrogens with zero attached hydrogens (tertiary/aromatic N) is 2. The highest BCUT2D eigenvalue weighted by Gasteiger charge is 2.20. The van der Waals surface area contributed by atoms with Gasteiger partial charge in [0.2, 0.25) is 0 Å². The van der Waals surface area contributed by atoms with E-state index in [9.17, 15) is 4.79 Å². The van der Waals surface area contributed by atoms with Gasteiger partial charge in [-0.25, -0.2) is 4.79 Å². The molecule has 1 aromatic heterocycles. The molecule has 0 fully saturated rings. The van der Waals surface area contributed by atoms with Crippen molar-refractivity contribution in [2.75, 3.05) is 4.90 Å². The molecule has 4 nitrogen and oxygen atoms in total. The summed E-state index contributed by atoms with van der Waals surface area (Å²) in [5.41, 5.74) is 3.74. The van der Waals surface area contributed by atoms with Gasteiger partial charge in [-0.15, -0.1) is 0 Å². The van der Waals surface area contributed by atoms with E-state index in [0.717, 1.165) is 24.3 Å². The average Bonchev–Trinajstić information content (AvgIpc) is 2.82. The monoisotopic (exact) mass is 240 g/mol. The maximum atomic E-state index is 10.9. The van der Waals surface area contributed by atoms with E-state index in [1.165, 1.54) is 5.56 Å². The molecule has 18 heavy (non-hydrogen) atoms. The van der Waals surface area contributed by atoms with Crippen LogP contribution >= 0.6 is 0 Å². The topological polar surface area (TPSA) is 53.4 Å². The first kappa shape index (κ1) is 10.8. The Balaban J connectivity index is 1.90. The van der Waals surface area contributed by atoms with E-state index < -0.39 is 5.97 Å². The second-order valence-electron chi connectivity index (χ2n) is 4.35. The molecule has 0 spiro atoms. The van der Waals surface area contributed by atoms with Gasteiger partial charge in [-0.3, -0.25) is 4.98 Å². The molecule has 1 aliphatic heterocycles. The van der Waals surface area contributed by atoms with Gasteiger partial charge in [-0.1, -0.05) is 6.07 Å². The normalized spacial score (nSPS) is 13.4. The number of anilines is 1. The Kier molecular flexibility index (Phi) is 2.48. The SMILES string of the molecule is O=C(O)c1ccc2c(c1)CN(c1ccncc1)C2. The molecule has 0 unspecified atom stereocenters. The number of carboxylic acids is 1. The number of aromatic nitrogens is 1. The third-order valence-electron chi connectivity index (χ3n) is 3.20. The molecule has 0 saturated carbocycles. The van der Waals surface area contributed by atoms with Crippen molar-refractivity contribution in [2.45, 2.75) is 13.1 Å². The molecular weight excluding hydrogens is 228 g/mol. The van der Waals surface area contributed by atoms with Crippen LogP contribution in [0.4, 0.5) is 5.69 Å². The first-order valence-electron chi connectivity index (χ1n) is 5.74. The molecule has 3 rings (SSSR count). The van der Waals surface area contributed by atoms with Gasteiger partial charge in [-0.2, -0.15) is 0 Å². The van der Waals surface area contributed by atoms with Gasteiger partial charge >= 0.3 is 5.97 Å². The Morgan fingerprint density at radius 3 is 2.56 bits per heavy atom. The molecule has 1 N–H and O–H groups in total. The summed E-state index contributed by atoms with van der Waals surface area (Å²) in [4.78, 5) is 17.1.